The van der Waals surface area contributed by atoms with Crippen molar-refractivity contribution >= 4 is 5.78 Å². The van der Waals surface area contributed by atoms with Gasteiger partial charge in [-0.1, -0.05) is 12.1 Å². The fraction of sp³-hybridized carbons (Fsp3) is 0.400. The van der Waals surface area contributed by atoms with Gasteiger partial charge in [-0.15, -0.1) is 0 Å². The van der Waals surface area contributed by atoms with Gasteiger partial charge in [0.2, 0.25) is 0 Å². The van der Waals surface area contributed by atoms with Crippen molar-refractivity contribution in [3.05, 3.63) is 41.6 Å². The molecule has 18 heavy (non-hydrogen) atoms. The third-order valence-corrected chi connectivity index (χ3v) is 3.84. The third-order valence-electron chi connectivity index (χ3n) is 3.84. The van der Waals surface area contributed by atoms with Gasteiger partial charge in [-0.25, -0.2) is 0 Å². The predicted molar refractivity (Wildman–Crippen MR) is 69.7 cm³/mol. The summed E-state index contributed by atoms with van der Waals surface area (Å²) < 4.78 is 5.68. The van der Waals surface area contributed by atoms with Crippen molar-refractivity contribution in [1.29, 1.82) is 0 Å². The van der Waals surface area contributed by atoms with Crippen LogP contribution in [0.5, 0.6) is 5.75 Å². The number of Topliss-reactive ketones (excluding diaryl/α,β-unsaturated/α-hetero) is 1. The molecule has 0 aromatic heterocycles. The van der Waals surface area contributed by atoms with Gasteiger partial charge in [0, 0.05) is 0 Å². The zero-order chi connectivity index (χ0) is 12.8. The maximum atomic E-state index is 12.4. The average Bonchev–Trinajstić information content (AvgIpc) is 2.37. The summed E-state index contributed by atoms with van der Waals surface area (Å²) in [5, 5.41) is 3.24. The first-order valence-corrected chi connectivity index (χ1v) is 6.31. The highest BCUT2D eigenvalue weighted by Gasteiger charge is 2.35. The molecule has 3 heteroatoms. The molecule has 2 aliphatic heterocycles. The largest absolute Gasteiger partial charge is 0.492 e. The topological polar surface area (TPSA) is 38.3 Å². The molecule has 1 atom stereocenters. The molecule has 0 saturated heterocycles. The summed E-state index contributed by atoms with van der Waals surface area (Å²) in [6.45, 7) is 4.75. The van der Waals surface area contributed by atoms with E-state index in [2.05, 4.69) is 19.2 Å². The minimum absolute atomic E-state index is 0.0250. The van der Waals surface area contributed by atoms with E-state index in [-0.39, 0.29) is 17.2 Å². The van der Waals surface area contributed by atoms with E-state index in [9.17, 15) is 4.79 Å². The molecule has 3 rings (SSSR count). The lowest BCUT2D eigenvalue weighted by Gasteiger charge is -2.39. The Hall–Kier alpha value is -1.77. The lowest BCUT2D eigenvalue weighted by Crippen LogP contribution is -2.47. The van der Waals surface area contributed by atoms with Crippen LogP contribution in [0.25, 0.3) is 0 Å². The summed E-state index contributed by atoms with van der Waals surface area (Å²) in [4.78, 5) is 12.4. The molecule has 1 N–H and O–H groups in total. The van der Waals surface area contributed by atoms with Crippen LogP contribution in [0.1, 0.15) is 30.6 Å². The van der Waals surface area contributed by atoms with Gasteiger partial charge in [-0.05, 0) is 44.2 Å². The van der Waals surface area contributed by atoms with Gasteiger partial charge < -0.3 is 10.1 Å². The normalized spacial score (nSPS) is 24.2. The second kappa shape index (κ2) is 3.87. The number of carbonyl (C=O) groups is 1. The van der Waals surface area contributed by atoms with Crippen molar-refractivity contribution in [1.82, 2.24) is 5.32 Å². The standard InChI is InChI=1S/C15H17NO2/c1-15(2)11(8-16-15)7-10-9-18-13-6-4-3-5-12(13)14(10)17/h3-6,8,10,16H,7,9H2,1-2H3. The number of rotatable bonds is 2. The number of hydrogen-bond acceptors (Lipinski definition) is 3. The maximum Gasteiger partial charge on any atom is 0.173 e. The van der Waals surface area contributed by atoms with Gasteiger partial charge in [0.15, 0.2) is 5.78 Å². The molecule has 1 aromatic rings. The molecule has 0 fully saturated rings. The smallest absolute Gasteiger partial charge is 0.173 e. The molecule has 3 nitrogen and oxygen atoms in total. The SMILES string of the molecule is CC1(C)NC=C1CC1COc2ccccc2C1=O. The molecule has 94 valence electrons. The minimum Gasteiger partial charge on any atom is -0.492 e. The van der Waals surface area contributed by atoms with Crippen LogP contribution in [-0.2, 0) is 0 Å². The first-order chi connectivity index (χ1) is 8.58. The van der Waals surface area contributed by atoms with Crippen LogP contribution >= 0.6 is 0 Å². The first kappa shape index (κ1) is 11.3. The average molecular weight is 243 g/mol. The number of nitrogens with one attached hydrogen (secondary N) is 1. The number of benzene rings is 1. The zero-order valence-electron chi connectivity index (χ0n) is 10.7. The van der Waals surface area contributed by atoms with Gasteiger partial charge in [0.05, 0.1) is 23.6 Å². The number of carbonyl (C=O) groups excluding carboxylic acids is 1. The van der Waals surface area contributed by atoms with Crippen LogP contribution in [0.3, 0.4) is 0 Å². The van der Waals surface area contributed by atoms with Crippen molar-refractivity contribution in [3.63, 3.8) is 0 Å². The van der Waals surface area contributed by atoms with E-state index in [0.29, 0.717) is 6.61 Å². The Morgan fingerprint density at radius 3 is 2.83 bits per heavy atom. The number of ketones is 1. The van der Waals surface area contributed by atoms with Gasteiger partial charge in [-0.3, -0.25) is 4.79 Å². The zero-order valence-corrected chi connectivity index (χ0v) is 10.7. The van der Waals surface area contributed by atoms with E-state index in [1.165, 1.54) is 5.57 Å². The van der Waals surface area contributed by atoms with E-state index in [1.54, 1.807) is 0 Å². The van der Waals surface area contributed by atoms with Gasteiger partial charge in [0.1, 0.15) is 5.75 Å². The molecule has 1 aromatic carbocycles. The second-order valence-corrected chi connectivity index (χ2v) is 5.51. The van der Waals surface area contributed by atoms with Crippen molar-refractivity contribution < 1.29 is 9.53 Å². The molecule has 2 heterocycles. The van der Waals surface area contributed by atoms with Gasteiger partial charge >= 0.3 is 0 Å². The molecule has 0 radical (unpaired) electrons. The Morgan fingerprint density at radius 2 is 2.17 bits per heavy atom. The van der Waals surface area contributed by atoms with E-state index in [4.69, 9.17) is 4.74 Å². The minimum atomic E-state index is -0.0486. The second-order valence-electron chi connectivity index (χ2n) is 5.51. The molecule has 0 saturated carbocycles. The van der Waals surface area contributed by atoms with Crippen molar-refractivity contribution in [3.8, 4) is 5.75 Å². The fourth-order valence-electron chi connectivity index (χ4n) is 2.48. The lowest BCUT2D eigenvalue weighted by molar-refractivity contribution is 0.0825. The van der Waals surface area contributed by atoms with Crippen LogP contribution in [0.2, 0.25) is 0 Å². The van der Waals surface area contributed by atoms with E-state index in [1.807, 2.05) is 30.5 Å². The maximum absolute atomic E-state index is 12.4. The highest BCUT2D eigenvalue weighted by atomic mass is 16.5. The summed E-state index contributed by atoms with van der Waals surface area (Å²) in [5.74, 6) is 0.881. The molecule has 2 aliphatic rings. The fourth-order valence-corrected chi connectivity index (χ4v) is 2.48. The summed E-state index contributed by atoms with van der Waals surface area (Å²) in [7, 11) is 0. The summed E-state index contributed by atoms with van der Waals surface area (Å²) in [6.07, 6.45) is 2.79. The molecule has 0 bridgehead atoms. The summed E-state index contributed by atoms with van der Waals surface area (Å²) in [6, 6.07) is 7.49. The van der Waals surface area contributed by atoms with Crippen LogP contribution in [0.15, 0.2) is 36.0 Å². The first-order valence-electron chi connectivity index (χ1n) is 6.31. The quantitative estimate of drug-likeness (QED) is 0.867. The van der Waals surface area contributed by atoms with E-state index >= 15 is 0 Å². The number of para-hydroxylation sites is 1. The summed E-state index contributed by atoms with van der Waals surface area (Å²) >= 11 is 0. The van der Waals surface area contributed by atoms with Crippen molar-refractivity contribution in [2.75, 3.05) is 6.61 Å². The number of ether oxygens (including phenoxy) is 1. The Morgan fingerprint density at radius 1 is 1.39 bits per heavy atom. The van der Waals surface area contributed by atoms with Crippen molar-refractivity contribution in [2.45, 2.75) is 25.8 Å². The molecule has 1 unspecified atom stereocenters. The Balaban J connectivity index is 1.79. The number of fused-ring (bicyclic) bond motifs is 1. The Bertz CT molecular complexity index is 531. The molecule has 0 aliphatic carbocycles. The Kier molecular flexibility index (Phi) is 2.44. The predicted octanol–water partition coefficient (Wildman–Crippen LogP) is 2.53. The Labute approximate surface area is 107 Å². The summed E-state index contributed by atoms with van der Waals surface area (Å²) in [5.41, 5.74) is 2.04. The van der Waals surface area contributed by atoms with E-state index < -0.39 is 0 Å². The van der Waals surface area contributed by atoms with Crippen LogP contribution in [0, 0.1) is 5.92 Å². The molecular formula is C15H17NO2. The van der Waals surface area contributed by atoms with Gasteiger partial charge in [0.25, 0.3) is 0 Å². The molecule has 0 amide bonds. The lowest BCUT2D eigenvalue weighted by atomic mass is 9.80. The number of hydrogen-bond donors (Lipinski definition) is 1. The van der Waals surface area contributed by atoms with Crippen LogP contribution < -0.4 is 10.1 Å². The molecular weight excluding hydrogens is 226 g/mol. The van der Waals surface area contributed by atoms with Crippen molar-refractivity contribution in [2.24, 2.45) is 5.92 Å². The highest BCUT2D eigenvalue weighted by Crippen LogP contribution is 2.34. The van der Waals surface area contributed by atoms with E-state index in [0.717, 1.165) is 17.7 Å². The highest BCUT2D eigenvalue weighted by molar-refractivity contribution is 6.01. The van der Waals surface area contributed by atoms with Crippen LogP contribution in [0.4, 0.5) is 0 Å². The monoisotopic (exact) mass is 243 g/mol. The molecule has 0 spiro atoms. The van der Waals surface area contributed by atoms with Crippen LogP contribution in [-0.4, -0.2) is 17.9 Å². The van der Waals surface area contributed by atoms with Gasteiger partial charge in [-0.2, -0.15) is 0 Å². The third kappa shape index (κ3) is 1.70.